The van der Waals surface area contributed by atoms with Crippen LogP contribution in [0.4, 0.5) is 0 Å². The van der Waals surface area contributed by atoms with Crippen LogP contribution in [0.1, 0.15) is 27.7 Å². The molecule has 2 N–H and O–H groups in total. The number of halogens is 1. The van der Waals surface area contributed by atoms with Crippen molar-refractivity contribution in [3.8, 4) is 0 Å². The van der Waals surface area contributed by atoms with Crippen LogP contribution in [-0.2, 0) is 4.79 Å². The molecule has 7 heteroatoms. The summed E-state index contributed by atoms with van der Waals surface area (Å²) in [5.74, 6) is -1.02. The molecule has 0 fully saturated rings. The van der Waals surface area contributed by atoms with E-state index in [1.54, 1.807) is 36.6 Å². The summed E-state index contributed by atoms with van der Waals surface area (Å²) < 4.78 is 0. The number of rotatable bonds is 7. The maximum Gasteiger partial charge on any atom is 0.287 e. The van der Waals surface area contributed by atoms with Crippen molar-refractivity contribution in [1.82, 2.24) is 10.7 Å². The Balaban J connectivity index is 1.73. The third kappa shape index (κ3) is 6.77. The first kappa shape index (κ1) is 22.2. The molecular formula is C24H20ClN3O2S. The lowest BCUT2D eigenvalue weighted by Crippen LogP contribution is -2.32. The summed E-state index contributed by atoms with van der Waals surface area (Å²) in [5, 5.41) is 8.83. The van der Waals surface area contributed by atoms with Crippen LogP contribution < -0.4 is 10.7 Å². The summed E-state index contributed by atoms with van der Waals surface area (Å²) in [4.78, 5) is 26.2. The zero-order valence-electron chi connectivity index (χ0n) is 16.7. The van der Waals surface area contributed by atoms with Gasteiger partial charge in [-0.15, -0.1) is 11.3 Å². The number of hydrogen-bond donors (Lipinski definition) is 2. The van der Waals surface area contributed by atoms with Crippen molar-refractivity contribution < 1.29 is 9.59 Å². The second-order valence-electron chi connectivity index (χ2n) is 6.51. The van der Waals surface area contributed by atoms with Gasteiger partial charge >= 0.3 is 0 Å². The normalized spacial score (nSPS) is 12.1. The number of amides is 2. The molecule has 0 radical (unpaired) electrons. The van der Waals surface area contributed by atoms with E-state index >= 15 is 0 Å². The highest BCUT2D eigenvalue weighted by Crippen LogP contribution is 2.17. The Bertz CT molecular complexity index is 1140. The van der Waals surface area contributed by atoms with E-state index in [0.29, 0.717) is 5.02 Å². The molecule has 0 atom stereocenters. The first-order chi connectivity index (χ1) is 15.0. The van der Waals surface area contributed by atoms with Gasteiger partial charge in [-0.2, -0.15) is 5.10 Å². The lowest BCUT2D eigenvalue weighted by molar-refractivity contribution is -0.117. The number of nitrogens with zero attached hydrogens (tertiary/aromatic N) is 1. The standard InChI is InChI=1S/C24H20ClN3O2S/c1-17(14-18-8-3-2-4-9-18)16-26-28-24(30)22(15-19-10-7-13-31-19)27-23(29)20-11-5-6-12-21(20)25/h2-16H,1H3,(H,27,29)(H,28,30)/b17-14+,22-15-,26-16?. The van der Waals surface area contributed by atoms with Crippen LogP contribution in [0.25, 0.3) is 12.2 Å². The second-order valence-corrected chi connectivity index (χ2v) is 7.89. The highest BCUT2D eigenvalue weighted by atomic mass is 35.5. The van der Waals surface area contributed by atoms with E-state index in [2.05, 4.69) is 15.8 Å². The molecule has 2 amide bonds. The Labute approximate surface area is 189 Å². The number of hydrogen-bond acceptors (Lipinski definition) is 4. The van der Waals surface area contributed by atoms with Crippen molar-refractivity contribution >= 4 is 53.1 Å². The molecule has 2 aromatic carbocycles. The molecule has 31 heavy (non-hydrogen) atoms. The Morgan fingerprint density at radius 1 is 0.968 bits per heavy atom. The van der Waals surface area contributed by atoms with Crippen molar-refractivity contribution in [2.75, 3.05) is 0 Å². The number of carbonyl (C=O) groups excluding carboxylic acids is 2. The molecule has 1 aromatic heterocycles. The van der Waals surface area contributed by atoms with Crippen LogP contribution in [0.2, 0.25) is 5.02 Å². The molecule has 1 heterocycles. The highest BCUT2D eigenvalue weighted by Gasteiger charge is 2.16. The fraction of sp³-hybridized carbons (Fsp3) is 0.0417. The summed E-state index contributed by atoms with van der Waals surface area (Å²) in [5.41, 5.74) is 4.69. The molecule has 0 aliphatic rings. The zero-order valence-corrected chi connectivity index (χ0v) is 18.3. The molecule has 3 aromatic rings. The van der Waals surface area contributed by atoms with Gasteiger partial charge in [0.15, 0.2) is 0 Å². The predicted octanol–water partition coefficient (Wildman–Crippen LogP) is 5.38. The lowest BCUT2D eigenvalue weighted by atomic mass is 10.1. The average molecular weight is 450 g/mol. The van der Waals surface area contributed by atoms with Gasteiger partial charge in [0.25, 0.3) is 11.8 Å². The number of nitrogens with one attached hydrogen (secondary N) is 2. The number of benzene rings is 2. The number of thiophene rings is 1. The van der Waals surface area contributed by atoms with Crippen molar-refractivity contribution in [2.45, 2.75) is 6.92 Å². The minimum Gasteiger partial charge on any atom is -0.317 e. The Kier molecular flexibility index (Phi) is 7.92. The zero-order chi connectivity index (χ0) is 22.1. The topological polar surface area (TPSA) is 70.6 Å². The molecule has 0 saturated carbocycles. The van der Waals surface area contributed by atoms with Gasteiger partial charge in [0.1, 0.15) is 5.70 Å². The summed E-state index contributed by atoms with van der Waals surface area (Å²) in [6, 6.07) is 20.1. The number of hydrazone groups is 1. The molecule has 0 aliphatic heterocycles. The van der Waals surface area contributed by atoms with E-state index in [4.69, 9.17) is 11.6 Å². The molecule has 3 rings (SSSR count). The minimum atomic E-state index is -0.544. The Morgan fingerprint density at radius 2 is 1.71 bits per heavy atom. The van der Waals surface area contributed by atoms with Gasteiger partial charge in [-0.3, -0.25) is 9.59 Å². The molecule has 0 spiro atoms. The van der Waals surface area contributed by atoms with Crippen molar-refractivity contribution in [1.29, 1.82) is 0 Å². The second kappa shape index (κ2) is 11.1. The first-order valence-corrected chi connectivity index (χ1v) is 10.7. The molecule has 156 valence electrons. The molecule has 0 saturated heterocycles. The number of allylic oxidation sites excluding steroid dienone is 1. The largest absolute Gasteiger partial charge is 0.317 e. The van der Waals surface area contributed by atoms with E-state index in [-0.39, 0.29) is 11.3 Å². The van der Waals surface area contributed by atoms with Gasteiger partial charge < -0.3 is 5.32 Å². The van der Waals surface area contributed by atoms with Crippen LogP contribution in [-0.4, -0.2) is 18.0 Å². The predicted molar refractivity (Wildman–Crippen MR) is 128 cm³/mol. The van der Waals surface area contributed by atoms with Gasteiger partial charge in [0.2, 0.25) is 0 Å². The third-order valence-corrected chi connectivity index (χ3v) is 5.22. The molecular weight excluding hydrogens is 430 g/mol. The molecule has 0 bridgehead atoms. The summed E-state index contributed by atoms with van der Waals surface area (Å²) >= 11 is 7.54. The van der Waals surface area contributed by atoms with Gasteiger partial charge in [-0.05, 0) is 47.7 Å². The summed E-state index contributed by atoms with van der Waals surface area (Å²) in [7, 11) is 0. The van der Waals surface area contributed by atoms with Gasteiger partial charge in [0, 0.05) is 4.88 Å². The van der Waals surface area contributed by atoms with Gasteiger partial charge in [-0.25, -0.2) is 5.43 Å². The van der Waals surface area contributed by atoms with E-state index in [0.717, 1.165) is 16.0 Å². The van der Waals surface area contributed by atoms with Crippen LogP contribution in [0, 0.1) is 0 Å². The van der Waals surface area contributed by atoms with Crippen molar-refractivity contribution in [2.24, 2.45) is 5.10 Å². The van der Waals surface area contributed by atoms with E-state index in [1.165, 1.54) is 11.3 Å². The average Bonchev–Trinajstić information content (AvgIpc) is 3.27. The van der Waals surface area contributed by atoms with E-state index in [1.807, 2.05) is 60.8 Å². The van der Waals surface area contributed by atoms with Crippen LogP contribution in [0.15, 0.2) is 88.5 Å². The van der Waals surface area contributed by atoms with E-state index < -0.39 is 11.8 Å². The van der Waals surface area contributed by atoms with Crippen molar-refractivity contribution in [3.05, 3.63) is 104 Å². The maximum atomic E-state index is 12.7. The smallest absolute Gasteiger partial charge is 0.287 e. The minimum absolute atomic E-state index is 0.0641. The van der Waals surface area contributed by atoms with E-state index in [9.17, 15) is 9.59 Å². The molecule has 0 unspecified atom stereocenters. The number of carbonyl (C=O) groups is 2. The monoisotopic (exact) mass is 449 g/mol. The summed E-state index contributed by atoms with van der Waals surface area (Å²) in [6.45, 7) is 1.88. The Hall–Kier alpha value is -3.48. The SMILES string of the molecule is C/C(C=NNC(=O)/C(=C/c1cccs1)NC(=O)c1ccccc1Cl)=C\c1ccccc1. The van der Waals surface area contributed by atoms with Gasteiger partial charge in [-0.1, -0.05) is 66.2 Å². The lowest BCUT2D eigenvalue weighted by Gasteiger charge is -2.09. The van der Waals surface area contributed by atoms with Crippen LogP contribution in [0.5, 0.6) is 0 Å². The summed E-state index contributed by atoms with van der Waals surface area (Å²) in [6.07, 6.45) is 5.08. The Morgan fingerprint density at radius 3 is 2.42 bits per heavy atom. The van der Waals surface area contributed by atoms with Gasteiger partial charge in [0.05, 0.1) is 16.8 Å². The fourth-order valence-electron chi connectivity index (χ4n) is 2.61. The van der Waals surface area contributed by atoms with Crippen LogP contribution in [0.3, 0.4) is 0 Å². The fourth-order valence-corrected chi connectivity index (χ4v) is 3.49. The molecule has 0 aliphatic carbocycles. The third-order valence-electron chi connectivity index (χ3n) is 4.07. The quantitative estimate of drug-likeness (QED) is 0.289. The first-order valence-electron chi connectivity index (χ1n) is 9.41. The molecule has 5 nitrogen and oxygen atoms in total. The van der Waals surface area contributed by atoms with Crippen molar-refractivity contribution in [3.63, 3.8) is 0 Å². The maximum absolute atomic E-state index is 12.7. The van der Waals surface area contributed by atoms with Crippen LogP contribution >= 0.6 is 22.9 Å². The highest BCUT2D eigenvalue weighted by molar-refractivity contribution is 7.10.